The number of amides is 2. The number of hydrogen-bond donors (Lipinski definition) is 3. The maximum absolute atomic E-state index is 11.6. The minimum absolute atomic E-state index is 0.0877. The monoisotopic (exact) mass is 314 g/mol. The molecule has 0 saturated carbocycles. The second-order valence-corrected chi connectivity index (χ2v) is 5.35. The molecule has 2 rings (SSSR count). The van der Waals surface area contributed by atoms with Gasteiger partial charge >= 0.3 is 6.03 Å². The van der Waals surface area contributed by atoms with Gasteiger partial charge in [0.15, 0.2) is 0 Å². The molecule has 2 aromatic rings. The van der Waals surface area contributed by atoms with Crippen LogP contribution in [0.1, 0.15) is 19.4 Å². The number of methoxy groups -OCH3 is 1. The first-order valence-electron chi connectivity index (χ1n) is 7.48. The van der Waals surface area contributed by atoms with Crippen molar-refractivity contribution in [2.45, 2.75) is 26.4 Å². The van der Waals surface area contributed by atoms with Gasteiger partial charge in [0.05, 0.1) is 19.0 Å². The molecule has 0 spiro atoms. The highest BCUT2D eigenvalue weighted by Gasteiger charge is 2.05. The molecule has 0 radical (unpaired) electrons. The predicted octanol–water partition coefficient (Wildman–Crippen LogP) is 3.23. The summed E-state index contributed by atoms with van der Waals surface area (Å²) in [5.41, 5.74) is 1.70. The van der Waals surface area contributed by atoms with Crippen LogP contribution in [-0.4, -0.2) is 24.2 Å². The first-order valence-corrected chi connectivity index (χ1v) is 7.48. The molecule has 23 heavy (non-hydrogen) atoms. The van der Waals surface area contributed by atoms with Crippen molar-refractivity contribution >= 4 is 17.5 Å². The third-order valence-corrected chi connectivity index (χ3v) is 3.09. The lowest BCUT2D eigenvalue weighted by Crippen LogP contribution is -2.34. The first kappa shape index (κ1) is 16.6. The lowest BCUT2D eigenvalue weighted by atomic mass is 10.2. The molecule has 0 aliphatic rings. The number of rotatable bonds is 6. The summed E-state index contributed by atoms with van der Waals surface area (Å²) in [4.78, 5) is 15.9. The van der Waals surface area contributed by atoms with Gasteiger partial charge in [-0.1, -0.05) is 18.2 Å². The van der Waals surface area contributed by atoms with Gasteiger partial charge in [0.25, 0.3) is 0 Å². The van der Waals surface area contributed by atoms with E-state index in [4.69, 9.17) is 4.74 Å². The molecule has 0 unspecified atom stereocenters. The number of pyridine rings is 1. The highest BCUT2D eigenvalue weighted by molar-refractivity contribution is 5.89. The zero-order valence-corrected chi connectivity index (χ0v) is 13.6. The molecule has 0 atom stereocenters. The number of urea groups is 1. The number of para-hydroxylation sites is 1. The van der Waals surface area contributed by atoms with Crippen LogP contribution in [0.25, 0.3) is 0 Å². The van der Waals surface area contributed by atoms with Gasteiger partial charge in [0, 0.05) is 18.2 Å². The summed E-state index contributed by atoms with van der Waals surface area (Å²) in [6.45, 7) is 4.42. The van der Waals surface area contributed by atoms with Crippen molar-refractivity contribution in [3.63, 3.8) is 0 Å². The highest BCUT2D eigenvalue weighted by Crippen LogP contribution is 2.18. The molecule has 122 valence electrons. The Labute approximate surface area is 136 Å². The fourth-order valence-corrected chi connectivity index (χ4v) is 2.04. The number of anilines is 2. The highest BCUT2D eigenvalue weighted by atomic mass is 16.5. The lowest BCUT2D eigenvalue weighted by molar-refractivity contribution is 0.250. The topological polar surface area (TPSA) is 75.3 Å². The lowest BCUT2D eigenvalue weighted by Gasteiger charge is -2.11. The van der Waals surface area contributed by atoms with Gasteiger partial charge in [-0.15, -0.1) is 0 Å². The molecule has 2 amide bonds. The summed E-state index contributed by atoms with van der Waals surface area (Å²) in [6, 6.07) is 11.3. The number of ether oxygens (including phenoxy) is 1. The second-order valence-electron chi connectivity index (χ2n) is 5.35. The fourth-order valence-electron chi connectivity index (χ4n) is 2.04. The van der Waals surface area contributed by atoms with Crippen molar-refractivity contribution < 1.29 is 9.53 Å². The Hall–Kier alpha value is -2.76. The SMILES string of the molecule is COc1ccccc1CNc1ccc(NC(=O)NC(C)C)cn1. The number of nitrogens with zero attached hydrogens (tertiary/aromatic N) is 1. The number of carbonyl (C=O) groups is 1. The van der Waals surface area contributed by atoms with E-state index in [1.54, 1.807) is 19.4 Å². The zero-order valence-electron chi connectivity index (χ0n) is 13.6. The van der Waals surface area contributed by atoms with Crippen molar-refractivity contribution in [3.05, 3.63) is 48.2 Å². The van der Waals surface area contributed by atoms with Crippen LogP contribution < -0.4 is 20.7 Å². The Bertz CT molecular complexity index is 641. The number of carbonyl (C=O) groups excluding carboxylic acids is 1. The van der Waals surface area contributed by atoms with E-state index in [0.29, 0.717) is 12.2 Å². The van der Waals surface area contributed by atoms with Crippen LogP contribution in [-0.2, 0) is 6.54 Å². The van der Waals surface area contributed by atoms with E-state index in [1.165, 1.54) is 0 Å². The van der Waals surface area contributed by atoms with Crippen LogP contribution >= 0.6 is 0 Å². The van der Waals surface area contributed by atoms with Crippen LogP contribution in [0, 0.1) is 0 Å². The van der Waals surface area contributed by atoms with Gasteiger partial charge in [-0.3, -0.25) is 0 Å². The molecular weight excluding hydrogens is 292 g/mol. The van der Waals surface area contributed by atoms with Gasteiger partial charge in [-0.2, -0.15) is 0 Å². The van der Waals surface area contributed by atoms with E-state index in [-0.39, 0.29) is 12.1 Å². The number of benzene rings is 1. The standard InChI is InChI=1S/C17H22N4O2/c1-12(2)20-17(22)21-14-8-9-16(19-11-14)18-10-13-6-4-5-7-15(13)23-3/h4-9,11-12H,10H2,1-3H3,(H,18,19)(H2,20,21,22). The molecule has 0 bridgehead atoms. The minimum Gasteiger partial charge on any atom is -0.496 e. The Morgan fingerprint density at radius 3 is 2.65 bits per heavy atom. The van der Waals surface area contributed by atoms with E-state index in [9.17, 15) is 4.79 Å². The normalized spacial score (nSPS) is 10.3. The maximum atomic E-state index is 11.6. The van der Waals surface area contributed by atoms with Crippen LogP contribution in [0.5, 0.6) is 5.75 Å². The van der Waals surface area contributed by atoms with Crippen LogP contribution in [0.3, 0.4) is 0 Å². The van der Waals surface area contributed by atoms with E-state index in [2.05, 4.69) is 20.9 Å². The van der Waals surface area contributed by atoms with Gasteiger partial charge in [0.2, 0.25) is 0 Å². The Morgan fingerprint density at radius 1 is 1.22 bits per heavy atom. The van der Waals surface area contributed by atoms with Gasteiger partial charge in [0.1, 0.15) is 11.6 Å². The minimum atomic E-state index is -0.239. The quantitative estimate of drug-likeness (QED) is 0.765. The van der Waals surface area contributed by atoms with Crippen molar-refractivity contribution in [2.75, 3.05) is 17.7 Å². The average molecular weight is 314 g/mol. The first-order chi connectivity index (χ1) is 11.1. The molecule has 1 aromatic carbocycles. The summed E-state index contributed by atoms with van der Waals surface area (Å²) in [5.74, 6) is 1.56. The van der Waals surface area contributed by atoms with Gasteiger partial charge in [-0.25, -0.2) is 9.78 Å². The van der Waals surface area contributed by atoms with Gasteiger partial charge in [-0.05, 0) is 32.0 Å². The van der Waals surface area contributed by atoms with Crippen LogP contribution in [0.15, 0.2) is 42.6 Å². The molecule has 6 nitrogen and oxygen atoms in total. The van der Waals surface area contributed by atoms with Crippen molar-refractivity contribution in [2.24, 2.45) is 0 Å². The summed E-state index contributed by atoms with van der Waals surface area (Å²) in [7, 11) is 1.65. The number of hydrogen-bond acceptors (Lipinski definition) is 4. The van der Waals surface area contributed by atoms with Crippen LogP contribution in [0.4, 0.5) is 16.3 Å². The smallest absolute Gasteiger partial charge is 0.319 e. The molecule has 1 heterocycles. The maximum Gasteiger partial charge on any atom is 0.319 e. The predicted molar refractivity (Wildman–Crippen MR) is 91.8 cm³/mol. The van der Waals surface area contributed by atoms with Crippen LogP contribution in [0.2, 0.25) is 0 Å². The average Bonchev–Trinajstić information content (AvgIpc) is 2.53. The molecule has 6 heteroatoms. The molecule has 1 aromatic heterocycles. The summed E-state index contributed by atoms with van der Waals surface area (Å²) >= 11 is 0. The molecular formula is C17H22N4O2. The Kier molecular flexibility index (Phi) is 5.80. The Balaban J connectivity index is 1.91. The fraction of sp³-hybridized carbons (Fsp3) is 0.294. The van der Waals surface area contributed by atoms with E-state index >= 15 is 0 Å². The molecule has 0 aliphatic heterocycles. The number of aromatic nitrogens is 1. The molecule has 0 fully saturated rings. The van der Waals surface area contributed by atoms with Crippen molar-refractivity contribution in [1.29, 1.82) is 0 Å². The second kappa shape index (κ2) is 8.03. The summed E-state index contributed by atoms with van der Waals surface area (Å²) in [5, 5.41) is 8.72. The largest absolute Gasteiger partial charge is 0.496 e. The van der Waals surface area contributed by atoms with Crippen molar-refractivity contribution in [1.82, 2.24) is 10.3 Å². The molecule has 0 aliphatic carbocycles. The number of nitrogens with one attached hydrogen (secondary N) is 3. The van der Waals surface area contributed by atoms with E-state index < -0.39 is 0 Å². The summed E-state index contributed by atoms with van der Waals surface area (Å²) < 4.78 is 5.31. The molecule has 3 N–H and O–H groups in total. The third-order valence-electron chi connectivity index (χ3n) is 3.09. The van der Waals surface area contributed by atoms with Crippen molar-refractivity contribution in [3.8, 4) is 5.75 Å². The Morgan fingerprint density at radius 2 is 2.00 bits per heavy atom. The zero-order chi connectivity index (χ0) is 16.7. The summed E-state index contributed by atoms with van der Waals surface area (Å²) in [6.07, 6.45) is 1.62. The third kappa shape index (κ3) is 5.18. The van der Waals surface area contributed by atoms with E-state index in [0.717, 1.165) is 17.1 Å². The van der Waals surface area contributed by atoms with Gasteiger partial charge < -0.3 is 20.7 Å². The van der Waals surface area contributed by atoms with E-state index in [1.807, 2.05) is 44.2 Å². The molecule has 0 saturated heterocycles.